The summed E-state index contributed by atoms with van der Waals surface area (Å²) in [5.74, 6) is 1.38. The van der Waals surface area contributed by atoms with Crippen molar-refractivity contribution in [3.63, 3.8) is 0 Å². The van der Waals surface area contributed by atoms with Gasteiger partial charge in [-0.2, -0.15) is 18.2 Å². The first-order chi connectivity index (χ1) is 10.9. The number of alkyl halides is 3. The second-order valence-corrected chi connectivity index (χ2v) is 5.75. The Labute approximate surface area is 136 Å². The first-order valence-electron chi connectivity index (χ1n) is 7.07. The Morgan fingerprint density at radius 1 is 1.17 bits per heavy atom. The predicted molar refractivity (Wildman–Crippen MR) is 83.3 cm³/mol. The predicted octanol–water partition coefficient (Wildman–Crippen LogP) is 4.81. The van der Waals surface area contributed by atoms with E-state index in [0.717, 1.165) is 30.7 Å². The molecule has 1 aliphatic carbocycles. The Bertz CT molecular complexity index is 729. The number of rotatable bonds is 4. The van der Waals surface area contributed by atoms with Crippen molar-refractivity contribution in [3.8, 4) is 0 Å². The summed E-state index contributed by atoms with van der Waals surface area (Å²) < 4.78 is 38.0. The fraction of sp³-hybridized carbons (Fsp3) is 0.333. The lowest BCUT2D eigenvalue weighted by molar-refractivity contribution is -0.137. The topological polar surface area (TPSA) is 49.8 Å². The van der Waals surface area contributed by atoms with E-state index in [1.807, 2.05) is 0 Å². The maximum atomic E-state index is 12.7. The standard InChI is InChI=1S/C15H14ClF3N4/c1-20-14-22-12(8-2-3-8)7-13(23-14)21-11-5-4-9(6-10(11)16)15(17,18)19/h4-8H,2-3H2,1H3,(H2,20,21,22,23). The van der Waals surface area contributed by atoms with Gasteiger partial charge in [0.2, 0.25) is 5.95 Å². The Kier molecular flexibility index (Phi) is 4.06. The van der Waals surface area contributed by atoms with Crippen LogP contribution in [0.2, 0.25) is 5.02 Å². The molecule has 0 unspecified atom stereocenters. The minimum Gasteiger partial charge on any atom is -0.357 e. The number of nitrogens with zero attached hydrogens (tertiary/aromatic N) is 2. The van der Waals surface area contributed by atoms with Gasteiger partial charge in [0.15, 0.2) is 0 Å². The van der Waals surface area contributed by atoms with Gasteiger partial charge in [-0.05, 0) is 31.0 Å². The van der Waals surface area contributed by atoms with Gasteiger partial charge in [0.25, 0.3) is 0 Å². The molecule has 2 aromatic rings. The maximum Gasteiger partial charge on any atom is 0.416 e. The number of hydrogen-bond donors (Lipinski definition) is 2. The molecule has 0 bridgehead atoms. The minimum atomic E-state index is -4.42. The van der Waals surface area contributed by atoms with Crippen molar-refractivity contribution in [2.45, 2.75) is 24.9 Å². The Morgan fingerprint density at radius 3 is 2.48 bits per heavy atom. The average Bonchev–Trinajstić information content (AvgIpc) is 3.32. The zero-order valence-electron chi connectivity index (χ0n) is 12.2. The molecule has 122 valence electrons. The minimum absolute atomic E-state index is 0.0163. The van der Waals surface area contributed by atoms with Crippen LogP contribution in [0.1, 0.15) is 30.0 Å². The molecule has 1 aliphatic rings. The van der Waals surface area contributed by atoms with E-state index >= 15 is 0 Å². The summed E-state index contributed by atoms with van der Waals surface area (Å²) in [7, 11) is 1.71. The summed E-state index contributed by atoms with van der Waals surface area (Å²) in [6, 6.07) is 4.97. The van der Waals surface area contributed by atoms with Gasteiger partial charge in [0.1, 0.15) is 5.82 Å². The molecule has 0 amide bonds. The zero-order valence-corrected chi connectivity index (χ0v) is 13.0. The van der Waals surface area contributed by atoms with Crippen LogP contribution in [0.5, 0.6) is 0 Å². The van der Waals surface area contributed by atoms with Gasteiger partial charge in [-0.3, -0.25) is 0 Å². The van der Waals surface area contributed by atoms with Crippen molar-refractivity contribution in [3.05, 3.63) is 40.5 Å². The number of anilines is 3. The van der Waals surface area contributed by atoms with Gasteiger partial charge >= 0.3 is 6.18 Å². The van der Waals surface area contributed by atoms with Gasteiger partial charge in [-0.25, -0.2) is 4.98 Å². The van der Waals surface area contributed by atoms with Crippen LogP contribution in [0.15, 0.2) is 24.3 Å². The van der Waals surface area contributed by atoms with Gasteiger partial charge in [-0.15, -0.1) is 0 Å². The molecular formula is C15H14ClF3N4. The molecule has 3 rings (SSSR count). The SMILES string of the molecule is CNc1nc(Nc2ccc(C(F)(F)F)cc2Cl)cc(C2CC2)n1. The van der Waals surface area contributed by atoms with Crippen LogP contribution < -0.4 is 10.6 Å². The molecule has 2 N–H and O–H groups in total. The molecule has 4 nitrogen and oxygen atoms in total. The Hall–Kier alpha value is -2.02. The quantitative estimate of drug-likeness (QED) is 0.837. The van der Waals surface area contributed by atoms with E-state index in [9.17, 15) is 13.2 Å². The first kappa shape index (κ1) is 15.9. The fourth-order valence-electron chi connectivity index (χ4n) is 2.16. The van der Waals surface area contributed by atoms with E-state index in [4.69, 9.17) is 11.6 Å². The molecule has 1 aromatic heterocycles. The maximum absolute atomic E-state index is 12.7. The highest BCUT2D eigenvalue weighted by Crippen LogP contribution is 2.40. The Morgan fingerprint density at radius 2 is 1.91 bits per heavy atom. The van der Waals surface area contributed by atoms with Crippen molar-refractivity contribution >= 4 is 29.1 Å². The number of nitrogens with one attached hydrogen (secondary N) is 2. The lowest BCUT2D eigenvalue weighted by atomic mass is 10.2. The van der Waals surface area contributed by atoms with E-state index in [2.05, 4.69) is 20.6 Å². The largest absolute Gasteiger partial charge is 0.416 e. The van der Waals surface area contributed by atoms with Gasteiger partial charge < -0.3 is 10.6 Å². The van der Waals surface area contributed by atoms with Gasteiger partial charge in [0.05, 0.1) is 22.0 Å². The van der Waals surface area contributed by atoms with Crippen molar-refractivity contribution in [2.75, 3.05) is 17.7 Å². The van der Waals surface area contributed by atoms with Crippen molar-refractivity contribution in [1.29, 1.82) is 0 Å². The van der Waals surface area contributed by atoms with E-state index in [0.29, 0.717) is 23.4 Å². The second kappa shape index (κ2) is 5.88. The highest BCUT2D eigenvalue weighted by molar-refractivity contribution is 6.33. The fourth-order valence-corrected chi connectivity index (χ4v) is 2.39. The van der Waals surface area contributed by atoms with Crippen LogP contribution in [0, 0.1) is 0 Å². The molecule has 1 aromatic carbocycles. The molecule has 1 heterocycles. The second-order valence-electron chi connectivity index (χ2n) is 5.34. The summed E-state index contributed by atoms with van der Waals surface area (Å²) >= 11 is 5.95. The summed E-state index contributed by atoms with van der Waals surface area (Å²) in [5.41, 5.74) is 0.488. The molecule has 0 atom stereocenters. The van der Waals surface area contributed by atoms with Crippen LogP contribution in [0.25, 0.3) is 0 Å². The van der Waals surface area contributed by atoms with E-state index in [1.54, 1.807) is 13.1 Å². The zero-order chi connectivity index (χ0) is 16.6. The van der Waals surface area contributed by atoms with E-state index in [1.165, 1.54) is 6.07 Å². The third-order valence-corrected chi connectivity index (χ3v) is 3.84. The summed E-state index contributed by atoms with van der Waals surface area (Å²) in [5, 5.41) is 5.82. The highest BCUT2D eigenvalue weighted by Gasteiger charge is 2.31. The first-order valence-corrected chi connectivity index (χ1v) is 7.45. The number of hydrogen-bond acceptors (Lipinski definition) is 4. The third kappa shape index (κ3) is 3.67. The molecule has 0 saturated heterocycles. The molecule has 1 fully saturated rings. The van der Waals surface area contributed by atoms with E-state index in [-0.39, 0.29) is 5.02 Å². The number of halogens is 4. The highest BCUT2D eigenvalue weighted by atomic mass is 35.5. The van der Waals surface area contributed by atoms with Crippen LogP contribution in [0.4, 0.5) is 30.6 Å². The van der Waals surface area contributed by atoms with E-state index < -0.39 is 11.7 Å². The lowest BCUT2D eigenvalue weighted by Gasteiger charge is -2.12. The molecule has 23 heavy (non-hydrogen) atoms. The summed E-state index contributed by atoms with van der Waals surface area (Å²) in [4.78, 5) is 8.64. The summed E-state index contributed by atoms with van der Waals surface area (Å²) in [6.45, 7) is 0. The molecule has 0 spiro atoms. The summed E-state index contributed by atoms with van der Waals surface area (Å²) in [6.07, 6.45) is -2.25. The molecule has 8 heteroatoms. The smallest absolute Gasteiger partial charge is 0.357 e. The van der Waals surface area contributed by atoms with Crippen molar-refractivity contribution in [2.24, 2.45) is 0 Å². The molecule has 1 saturated carbocycles. The molecule has 0 radical (unpaired) electrons. The lowest BCUT2D eigenvalue weighted by Crippen LogP contribution is -2.06. The van der Waals surface area contributed by atoms with Gasteiger partial charge in [0, 0.05) is 19.0 Å². The third-order valence-electron chi connectivity index (χ3n) is 3.52. The molecule has 0 aliphatic heterocycles. The van der Waals surface area contributed by atoms with Crippen LogP contribution in [0.3, 0.4) is 0 Å². The molecular weight excluding hydrogens is 329 g/mol. The van der Waals surface area contributed by atoms with Crippen molar-refractivity contribution < 1.29 is 13.2 Å². The monoisotopic (exact) mass is 342 g/mol. The number of aromatic nitrogens is 2. The van der Waals surface area contributed by atoms with Gasteiger partial charge in [-0.1, -0.05) is 11.6 Å². The Balaban J connectivity index is 1.88. The van der Waals surface area contributed by atoms with Crippen molar-refractivity contribution in [1.82, 2.24) is 9.97 Å². The van der Waals surface area contributed by atoms with Crippen LogP contribution >= 0.6 is 11.6 Å². The van der Waals surface area contributed by atoms with Crippen LogP contribution in [-0.4, -0.2) is 17.0 Å². The average molecular weight is 343 g/mol. The number of benzene rings is 1. The normalized spacial score (nSPS) is 14.7. The van der Waals surface area contributed by atoms with Crippen LogP contribution in [-0.2, 0) is 6.18 Å².